The molecule has 3 aliphatic rings. The molecule has 3 aromatic carbocycles. The van der Waals surface area contributed by atoms with Gasteiger partial charge in [0.05, 0.1) is 21.9 Å². The van der Waals surface area contributed by atoms with Crippen LogP contribution in [0, 0.1) is 0 Å². The van der Waals surface area contributed by atoms with Crippen LogP contribution in [0.15, 0.2) is 95.0 Å². The number of hydrogen-bond donors (Lipinski definition) is 0. The van der Waals surface area contributed by atoms with Crippen LogP contribution in [-0.4, -0.2) is 9.15 Å². The number of nitrogens with zero attached hydrogens (tertiary/aromatic N) is 4. The molecule has 4 nitrogen and oxygen atoms in total. The number of hydrogen-bond acceptors (Lipinski definition) is 1. The summed E-state index contributed by atoms with van der Waals surface area (Å²) < 4.78 is 7.58. The smallest absolute Gasteiger partial charge is 0.301 e. The largest absolute Gasteiger partial charge is 0.339 e. The second kappa shape index (κ2) is 7.96. The van der Waals surface area contributed by atoms with Crippen LogP contribution in [0.1, 0.15) is 56.2 Å². The lowest BCUT2D eigenvalue weighted by molar-refractivity contribution is -0.682. The molecule has 0 bridgehead atoms. The molecule has 210 valence electrons. The van der Waals surface area contributed by atoms with E-state index in [1.165, 1.54) is 38.6 Å². The van der Waals surface area contributed by atoms with E-state index in [4.69, 9.17) is 4.98 Å². The number of aromatic nitrogens is 4. The molecule has 0 aliphatic carbocycles. The van der Waals surface area contributed by atoms with Crippen LogP contribution in [0.25, 0.3) is 60.2 Å². The van der Waals surface area contributed by atoms with E-state index < -0.39 is 17.7 Å². The van der Waals surface area contributed by atoms with Gasteiger partial charge in [0.25, 0.3) is 0 Å². The van der Waals surface area contributed by atoms with Crippen LogP contribution in [-0.2, 0) is 6.54 Å². The average Bonchev–Trinajstić information content (AvgIpc) is 3.62. The van der Waals surface area contributed by atoms with Gasteiger partial charge in [0.2, 0.25) is 11.2 Å². The highest BCUT2D eigenvalue weighted by Gasteiger charge is 2.62. The maximum Gasteiger partial charge on any atom is 0.339 e. The van der Waals surface area contributed by atoms with Crippen molar-refractivity contribution in [3.63, 3.8) is 0 Å². The van der Waals surface area contributed by atoms with E-state index in [1.54, 1.807) is 31.3 Å². The van der Waals surface area contributed by atoms with E-state index in [1.807, 2.05) is 13.8 Å². The number of fused-ring (bicyclic) bond motifs is 7. The van der Waals surface area contributed by atoms with Gasteiger partial charge in [0, 0.05) is 49.0 Å². The van der Waals surface area contributed by atoms with Gasteiger partial charge in [-0.3, -0.25) is 0 Å². The predicted octanol–water partition coefficient (Wildman–Crippen LogP) is 9.63. The summed E-state index contributed by atoms with van der Waals surface area (Å²) >= 11 is 0. The Morgan fingerprint density at radius 1 is 0.884 bits per heavy atom. The molecule has 5 aromatic heterocycles. The van der Waals surface area contributed by atoms with Crippen molar-refractivity contribution in [3.05, 3.63) is 96.3 Å². The number of pyridine rings is 3. The molecule has 43 heavy (non-hydrogen) atoms. The van der Waals surface area contributed by atoms with Crippen molar-refractivity contribution in [2.45, 2.75) is 61.5 Å². The normalized spacial score (nSPS) is 22.8. The Morgan fingerprint density at radius 2 is 1.70 bits per heavy atom. The van der Waals surface area contributed by atoms with E-state index in [9.17, 15) is 0 Å². The zero-order valence-electron chi connectivity index (χ0n) is 25.1. The fourth-order valence-corrected chi connectivity index (χ4v) is 18.2. The van der Waals surface area contributed by atoms with Crippen LogP contribution in [0.4, 0.5) is 0 Å². The minimum absolute atomic E-state index is 0.579. The highest BCUT2D eigenvalue weighted by Crippen LogP contribution is 2.97. The van der Waals surface area contributed by atoms with Crippen molar-refractivity contribution in [2.75, 3.05) is 0 Å². The molecule has 0 saturated carbocycles. The van der Waals surface area contributed by atoms with Crippen molar-refractivity contribution in [1.82, 2.24) is 9.15 Å². The summed E-state index contributed by atoms with van der Waals surface area (Å²) in [5.74, 6) is 0. The van der Waals surface area contributed by atoms with Crippen LogP contribution in [0.3, 0.4) is 0 Å². The molecule has 4 unspecified atom stereocenters. The standard InChI is InChI=1S/C35H27N4PS.C2H6/c1-4-37-16-8-7-12-26(37)22-15-14-21-19(2)41-20(3)24-18-28-29-30-23(35-36-25-11-5-6-13-27(25)39(28)35)10-9-17-38(30)40(31(22)33(21)41)32(29)34(24)41;1-2/h5-20H,4H2,1-3H3;1-2H3/q+2;. The first-order valence-corrected chi connectivity index (χ1v) is 18.7. The molecule has 0 radical (unpaired) electrons. The van der Waals surface area contributed by atoms with Crippen molar-refractivity contribution < 1.29 is 8.97 Å². The zero-order chi connectivity index (χ0) is 28.9. The maximum atomic E-state index is 5.23. The maximum absolute atomic E-state index is 5.23. The lowest BCUT2D eigenvalue weighted by Crippen LogP contribution is -2.37. The molecule has 8 heterocycles. The van der Waals surface area contributed by atoms with Gasteiger partial charge in [-0.25, -0.2) is 0 Å². The number of aryl methyl sites for hydroxylation is 1. The summed E-state index contributed by atoms with van der Waals surface area (Å²) in [5, 5.41) is 7.25. The third-order valence-corrected chi connectivity index (χ3v) is 18.3. The molecule has 0 fully saturated rings. The molecule has 8 aromatic rings. The Bertz CT molecular complexity index is 2520. The van der Waals surface area contributed by atoms with E-state index in [-0.39, 0.29) is 0 Å². The number of rotatable bonds is 2. The van der Waals surface area contributed by atoms with Crippen LogP contribution in [0.2, 0.25) is 0 Å². The fourth-order valence-electron chi connectivity index (χ4n) is 8.87. The Morgan fingerprint density at radius 3 is 2.56 bits per heavy atom. The number of benzene rings is 3. The van der Waals surface area contributed by atoms with E-state index in [2.05, 4.69) is 119 Å². The summed E-state index contributed by atoms with van der Waals surface area (Å²) in [4.78, 5) is 8.72. The van der Waals surface area contributed by atoms with Gasteiger partial charge in [0.1, 0.15) is 12.1 Å². The third kappa shape index (κ3) is 2.42. The molecule has 0 amide bonds. The number of para-hydroxylation sites is 2. The Kier molecular flexibility index (Phi) is 4.54. The number of imidazole rings is 1. The van der Waals surface area contributed by atoms with Gasteiger partial charge >= 0.3 is 5.65 Å². The molecule has 1 spiro atoms. The van der Waals surface area contributed by atoms with Crippen LogP contribution >= 0.6 is 17.7 Å². The summed E-state index contributed by atoms with van der Waals surface area (Å²) in [7, 11) is -1.80. The van der Waals surface area contributed by atoms with Gasteiger partial charge in [-0.05, 0) is 87.0 Å². The minimum Gasteiger partial charge on any atom is -0.301 e. The SMILES string of the molecule is CC.CC[n+]1ccccc1-c1ccc2c3c1-p1c4c5c(cc6c4c4c(cccn41)c1nc4ccccc4[n+]61)C(C)S35C2C. The Labute approximate surface area is 253 Å². The predicted molar refractivity (Wildman–Crippen MR) is 180 cm³/mol. The molecule has 0 saturated heterocycles. The zero-order valence-corrected chi connectivity index (χ0v) is 26.8. The molecule has 4 atom stereocenters. The van der Waals surface area contributed by atoms with Crippen molar-refractivity contribution in [1.29, 1.82) is 0 Å². The first-order chi connectivity index (χ1) is 21.2. The summed E-state index contributed by atoms with van der Waals surface area (Å²) in [6.07, 6.45) is 4.62. The molecule has 0 N–H and O–H groups in total. The Hall–Kier alpha value is -3.92. The van der Waals surface area contributed by atoms with Crippen molar-refractivity contribution >= 4 is 61.3 Å². The van der Waals surface area contributed by atoms with Crippen LogP contribution in [0.5, 0.6) is 0 Å². The van der Waals surface area contributed by atoms with E-state index in [0.29, 0.717) is 10.5 Å². The average molecular weight is 597 g/mol. The fraction of sp³-hybridized carbons (Fsp3) is 0.216. The van der Waals surface area contributed by atoms with Crippen molar-refractivity contribution in [2.24, 2.45) is 0 Å². The highest BCUT2D eigenvalue weighted by atomic mass is 32.3. The summed E-state index contributed by atoms with van der Waals surface area (Å²) in [6.45, 7) is 12.3. The first-order valence-electron chi connectivity index (χ1n) is 15.7. The van der Waals surface area contributed by atoms with Crippen molar-refractivity contribution in [3.8, 4) is 16.6 Å². The lowest BCUT2D eigenvalue weighted by atomic mass is 10.0. The second-order valence-electron chi connectivity index (χ2n) is 12.0. The second-order valence-corrected chi connectivity index (χ2v) is 17.6. The molecular weight excluding hydrogens is 563 g/mol. The minimum atomic E-state index is -1.06. The van der Waals surface area contributed by atoms with Gasteiger partial charge in [-0.15, -0.1) is 0 Å². The monoisotopic (exact) mass is 596 g/mol. The topological polar surface area (TPSA) is 25.3 Å². The first kappa shape index (κ1) is 24.5. The van der Waals surface area contributed by atoms with Gasteiger partial charge in [-0.1, -0.05) is 32.0 Å². The Balaban J connectivity index is 0.00000121. The van der Waals surface area contributed by atoms with Crippen LogP contribution < -0.4 is 8.97 Å². The molecule has 6 heteroatoms. The van der Waals surface area contributed by atoms with Gasteiger partial charge in [-0.2, -0.15) is 19.0 Å². The summed E-state index contributed by atoms with van der Waals surface area (Å²) in [5.41, 5.74) is 12.1. The van der Waals surface area contributed by atoms with Gasteiger partial charge in [0.15, 0.2) is 11.7 Å². The summed E-state index contributed by atoms with van der Waals surface area (Å²) in [6, 6.07) is 27.4. The molecule has 3 aliphatic heterocycles. The van der Waals surface area contributed by atoms with E-state index >= 15 is 0 Å². The lowest BCUT2D eigenvalue weighted by Gasteiger charge is -2.67. The highest BCUT2D eigenvalue weighted by molar-refractivity contribution is 8.36. The quantitative estimate of drug-likeness (QED) is 0.144. The van der Waals surface area contributed by atoms with Gasteiger partial charge < -0.3 is 4.16 Å². The third-order valence-electron chi connectivity index (χ3n) is 10.5. The van der Waals surface area contributed by atoms with E-state index in [0.717, 1.165) is 17.7 Å². The molecular formula is C37H33N4PS+2. The molecule has 11 rings (SSSR count).